The summed E-state index contributed by atoms with van der Waals surface area (Å²) in [5, 5.41) is 9.33. The zero-order valence-corrected chi connectivity index (χ0v) is 16.5. The maximum atomic E-state index is 12.0. The first-order chi connectivity index (χ1) is 13.5. The van der Waals surface area contributed by atoms with Gasteiger partial charge in [-0.15, -0.1) is 0 Å². The number of aryl methyl sites for hydroxylation is 1. The summed E-state index contributed by atoms with van der Waals surface area (Å²) in [6.45, 7) is 1.78. The van der Waals surface area contributed by atoms with Crippen LogP contribution in [-0.4, -0.2) is 50.0 Å². The number of carbonyl (C=O) groups is 2. The second-order valence-corrected chi connectivity index (χ2v) is 5.90. The highest BCUT2D eigenvalue weighted by Crippen LogP contribution is 2.34. The van der Waals surface area contributed by atoms with Crippen molar-refractivity contribution in [2.45, 2.75) is 26.3 Å². The number of aromatic nitrogens is 2. The quantitative estimate of drug-likeness (QED) is 0.595. The third kappa shape index (κ3) is 5.38. The van der Waals surface area contributed by atoms with Crippen molar-refractivity contribution in [3.63, 3.8) is 0 Å². The number of methoxy groups -OCH3 is 3. The molecule has 2 rings (SSSR count). The lowest BCUT2D eigenvalue weighted by Crippen LogP contribution is -2.28. The van der Waals surface area contributed by atoms with Crippen molar-refractivity contribution < 1.29 is 28.5 Å². The van der Waals surface area contributed by atoms with Crippen LogP contribution in [0, 0.1) is 0 Å². The summed E-state index contributed by atoms with van der Waals surface area (Å²) in [4.78, 5) is 24.0. The van der Waals surface area contributed by atoms with E-state index in [9.17, 15) is 9.59 Å². The molecule has 0 unspecified atom stereocenters. The molecule has 9 heteroatoms. The summed E-state index contributed by atoms with van der Waals surface area (Å²) >= 11 is 0. The molecule has 152 valence electrons. The number of H-pyrrole nitrogens is 1. The average molecular weight is 391 g/mol. The van der Waals surface area contributed by atoms with Gasteiger partial charge in [-0.2, -0.15) is 5.10 Å². The van der Waals surface area contributed by atoms with Crippen molar-refractivity contribution in [3.05, 3.63) is 35.2 Å². The number of nitrogens with zero attached hydrogens (tertiary/aromatic N) is 1. The van der Waals surface area contributed by atoms with Gasteiger partial charge in [-0.3, -0.25) is 9.89 Å². The van der Waals surface area contributed by atoms with Gasteiger partial charge in [-0.25, -0.2) is 4.79 Å². The standard InChI is InChI=1S/C19H25N3O6/c1-5-6-13-8-14(22-21-13)19(24)28-11-18(23)20-10-12-7-16(26-3)17(27-4)9-15(12)25-2/h7-9H,5-6,10-11H2,1-4H3,(H,20,23)(H,21,22). The smallest absolute Gasteiger partial charge is 0.359 e. The fourth-order valence-corrected chi connectivity index (χ4v) is 2.54. The minimum Gasteiger partial charge on any atom is -0.496 e. The van der Waals surface area contributed by atoms with Crippen molar-refractivity contribution in [1.82, 2.24) is 15.5 Å². The molecule has 0 aliphatic carbocycles. The van der Waals surface area contributed by atoms with E-state index >= 15 is 0 Å². The van der Waals surface area contributed by atoms with Crippen LogP contribution in [0.1, 0.15) is 35.1 Å². The van der Waals surface area contributed by atoms with Crippen LogP contribution in [0.2, 0.25) is 0 Å². The molecule has 1 amide bonds. The summed E-state index contributed by atoms with van der Waals surface area (Å²) in [5.41, 5.74) is 1.69. The Kier molecular flexibility index (Phi) is 7.67. The summed E-state index contributed by atoms with van der Waals surface area (Å²) in [6.07, 6.45) is 1.71. The third-order valence-corrected chi connectivity index (χ3v) is 3.96. The van der Waals surface area contributed by atoms with Crippen molar-refractivity contribution in [1.29, 1.82) is 0 Å². The van der Waals surface area contributed by atoms with Gasteiger partial charge in [0.15, 0.2) is 23.8 Å². The third-order valence-electron chi connectivity index (χ3n) is 3.96. The summed E-state index contributed by atoms with van der Waals surface area (Å²) in [5.74, 6) is 0.465. The van der Waals surface area contributed by atoms with Gasteiger partial charge < -0.3 is 24.3 Å². The van der Waals surface area contributed by atoms with Gasteiger partial charge in [-0.1, -0.05) is 13.3 Å². The molecule has 0 aliphatic rings. The normalized spacial score (nSPS) is 10.3. The minimum atomic E-state index is -0.655. The number of aromatic amines is 1. The second-order valence-electron chi connectivity index (χ2n) is 5.90. The van der Waals surface area contributed by atoms with Gasteiger partial charge in [0.2, 0.25) is 0 Å². The number of ether oxygens (including phenoxy) is 4. The van der Waals surface area contributed by atoms with Crippen LogP contribution in [0.4, 0.5) is 0 Å². The van der Waals surface area contributed by atoms with E-state index in [0.717, 1.165) is 18.5 Å². The van der Waals surface area contributed by atoms with Crippen LogP contribution in [-0.2, 0) is 22.5 Å². The molecule has 2 aromatic rings. The van der Waals surface area contributed by atoms with Crippen molar-refractivity contribution in [2.75, 3.05) is 27.9 Å². The van der Waals surface area contributed by atoms with Gasteiger partial charge >= 0.3 is 5.97 Å². The topological polar surface area (TPSA) is 112 Å². The first-order valence-corrected chi connectivity index (χ1v) is 8.79. The highest BCUT2D eigenvalue weighted by molar-refractivity contribution is 5.89. The highest BCUT2D eigenvalue weighted by atomic mass is 16.5. The van der Waals surface area contributed by atoms with E-state index in [1.54, 1.807) is 18.2 Å². The first kappa shape index (κ1) is 21.1. The predicted octanol–water partition coefficient (Wildman–Crippen LogP) is 1.86. The Morgan fingerprint density at radius 2 is 1.71 bits per heavy atom. The van der Waals surface area contributed by atoms with E-state index in [0.29, 0.717) is 22.8 Å². The Hall–Kier alpha value is -3.23. The van der Waals surface area contributed by atoms with Crippen molar-refractivity contribution in [3.8, 4) is 17.2 Å². The fourth-order valence-electron chi connectivity index (χ4n) is 2.54. The van der Waals surface area contributed by atoms with Crippen LogP contribution in [0.5, 0.6) is 17.2 Å². The van der Waals surface area contributed by atoms with E-state index in [4.69, 9.17) is 18.9 Å². The molecule has 0 fully saturated rings. The van der Waals surface area contributed by atoms with Gasteiger partial charge in [-0.05, 0) is 18.6 Å². The Morgan fingerprint density at radius 3 is 2.36 bits per heavy atom. The second kappa shape index (κ2) is 10.2. The number of hydrogen-bond donors (Lipinski definition) is 2. The minimum absolute atomic E-state index is 0.151. The van der Waals surface area contributed by atoms with Crippen LogP contribution in [0.15, 0.2) is 18.2 Å². The molecule has 1 heterocycles. The summed E-state index contributed by atoms with van der Waals surface area (Å²) in [7, 11) is 4.57. The van der Waals surface area contributed by atoms with Gasteiger partial charge in [0, 0.05) is 23.9 Å². The van der Waals surface area contributed by atoms with Crippen LogP contribution in [0.25, 0.3) is 0 Å². The number of nitrogens with one attached hydrogen (secondary N) is 2. The Labute approximate surface area is 163 Å². The molecule has 0 spiro atoms. The summed E-state index contributed by atoms with van der Waals surface area (Å²) in [6, 6.07) is 5.01. The van der Waals surface area contributed by atoms with Crippen molar-refractivity contribution >= 4 is 11.9 Å². The van der Waals surface area contributed by atoms with Crippen molar-refractivity contribution in [2.24, 2.45) is 0 Å². The first-order valence-electron chi connectivity index (χ1n) is 8.79. The van der Waals surface area contributed by atoms with Crippen LogP contribution >= 0.6 is 0 Å². The summed E-state index contributed by atoms with van der Waals surface area (Å²) < 4.78 is 20.8. The molecule has 0 saturated heterocycles. The zero-order valence-electron chi connectivity index (χ0n) is 16.5. The van der Waals surface area contributed by atoms with E-state index in [-0.39, 0.29) is 12.2 Å². The molecular formula is C19H25N3O6. The van der Waals surface area contributed by atoms with Gasteiger partial charge in [0.25, 0.3) is 5.91 Å². The SMILES string of the molecule is CCCc1cc(C(=O)OCC(=O)NCc2cc(OC)c(OC)cc2OC)n[nH]1. The lowest BCUT2D eigenvalue weighted by atomic mass is 10.1. The van der Waals surface area contributed by atoms with Crippen LogP contribution in [0.3, 0.4) is 0 Å². The Morgan fingerprint density at radius 1 is 1.04 bits per heavy atom. The van der Waals surface area contributed by atoms with E-state index < -0.39 is 18.5 Å². The fraction of sp³-hybridized carbons (Fsp3) is 0.421. The zero-order chi connectivity index (χ0) is 20.5. The molecule has 9 nitrogen and oxygen atoms in total. The molecule has 0 saturated carbocycles. The number of esters is 1. The maximum absolute atomic E-state index is 12.0. The Bertz CT molecular complexity index is 818. The predicted molar refractivity (Wildman–Crippen MR) is 101 cm³/mol. The number of hydrogen-bond acceptors (Lipinski definition) is 7. The van der Waals surface area contributed by atoms with E-state index in [2.05, 4.69) is 15.5 Å². The molecule has 0 bridgehead atoms. The molecule has 0 aliphatic heterocycles. The molecule has 2 N–H and O–H groups in total. The number of carbonyl (C=O) groups excluding carboxylic acids is 2. The lowest BCUT2D eigenvalue weighted by molar-refractivity contribution is -0.124. The molecule has 0 atom stereocenters. The number of benzene rings is 1. The Balaban J connectivity index is 1.90. The molecule has 28 heavy (non-hydrogen) atoms. The maximum Gasteiger partial charge on any atom is 0.359 e. The number of rotatable bonds is 10. The molecule has 1 aromatic heterocycles. The van der Waals surface area contributed by atoms with Crippen LogP contribution < -0.4 is 19.5 Å². The molecule has 1 aromatic carbocycles. The molecular weight excluding hydrogens is 366 g/mol. The number of amides is 1. The monoisotopic (exact) mass is 391 g/mol. The van der Waals surface area contributed by atoms with E-state index in [1.165, 1.54) is 21.3 Å². The lowest BCUT2D eigenvalue weighted by Gasteiger charge is -2.14. The average Bonchev–Trinajstić information content (AvgIpc) is 3.18. The van der Waals surface area contributed by atoms with Gasteiger partial charge in [0.05, 0.1) is 21.3 Å². The highest BCUT2D eigenvalue weighted by Gasteiger charge is 2.15. The molecule has 0 radical (unpaired) electrons. The van der Waals surface area contributed by atoms with Gasteiger partial charge in [0.1, 0.15) is 5.75 Å². The van der Waals surface area contributed by atoms with E-state index in [1.807, 2.05) is 6.92 Å². The largest absolute Gasteiger partial charge is 0.496 e.